The first-order valence-electron chi connectivity index (χ1n) is 10.4. The molecule has 0 fully saturated rings. The van der Waals surface area contributed by atoms with Crippen molar-refractivity contribution in [2.45, 2.75) is 13.5 Å². The van der Waals surface area contributed by atoms with Crippen LogP contribution in [0.5, 0.6) is 11.5 Å². The van der Waals surface area contributed by atoms with E-state index in [2.05, 4.69) is 46.4 Å². The smallest absolute Gasteiger partial charge is 0.319 e. The number of aromatic nitrogens is 2. The maximum absolute atomic E-state index is 12.4. The minimum Gasteiger partial charge on any atom is -0.493 e. The monoisotopic (exact) mass is 430 g/mol. The highest BCUT2D eigenvalue weighted by atomic mass is 16.5. The Morgan fingerprint density at radius 1 is 0.969 bits per heavy atom. The molecule has 0 spiro atoms. The van der Waals surface area contributed by atoms with E-state index in [1.54, 1.807) is 32.4 Å². The van der Waals surface area contributed by atoms with E-state index in [1.165, 1.54) is 5.56 Å². The first-order valence-corrected chi connectivity index (χ1v) is 10.4. The highest BCUT2D eigenvalue weighted by Gasteiger charge is 2.13. The molecule has 32 heavy (non-hydrogen) atoms. The minimum atomic E-state index is -0.293. The van der Waals surface area contributed by atoms with Gasteiger partial charge in [0.2, 0.25) is 0 Å². The summed E-state index contributed by atoms with van der Waals surface area (Å²) in [6.07, 6.45) is 0. The summed E-state index contributed by atoms with van der Waals surface area (Å²) in [5.74, 6) is 2.04. The lowest BCUT2D eigenvalue weighted by molar-refractivity contribution is 0.251. The molecule has 0 saturated heterocycles. The first kappa shape index (κ1) is 21.2. The summed E-state index contributed by atoms with van der Waals surface area (Å²) in [6.45, 7) is 3.09. The number of hydrogen-bond donors (Lipinski definition) is 2. The molecule has 164 valence electrons. The number of anilines is 1. The fourth-order valence-electron chi connectivity index (χ4n) is 3.60. The summed E-state index contributed by atoms with van der Waals surface area (Å²) in [4.78, 5) is 17.3. The van der Waals surface area contributed by atoms with Gasteiger partial charge in [-0.2, -0.15) is 0 Å². The molecule has 0 bridgehead atoms. The second kappa shape index (κ2) is 9.43. The van der Waals surface area contributed by atoms with Crippen molar-refractivity contribution in [3.63, 3.8) is 0 Å². The number of amides is 2. The average molecular weight is 431 g/mol. The van der Waals surface area contributed by atoms with Crippen LogP contribution in [0.2, 0.25) is 0 Å². The first-order chi connectivity index (χ1) is 15.6. The lowest BCUT2D eigenvalue weighted by Crippen LogP contribution is -2.31. The zero-order valence-corrected chi connectivity index (χ0v) is 18.4. The molecule has 0 radical (unpaired) electrons. The molecule has 1 heterocycles. The zero-order chi connectivity index (χ0) is 22.5. The van der Waals surface area contributed by atoms with Crippen LogP contribution < -0.4 is 20.1 Å². The van der Waals surface area contributed by atoms with E-state index >= 15 is 0 Å². The summed E-state index contributed by atoms with van der Waals surface area (Å²) in [5.41, 5.74) is 4.82. The van der Waals surface area contributed by atoms with E-state index in [4.69, 9.17) is 14.5 Å². The van der Waals surface area contributed by atoms with Gasteiger partial charge < -0.3 is 24.7 Å². The average Bonchev–Trinajstić information content (AvgIpc) is 3.18. The molecule has 1 aromatic heterocycles. The van der Waals surface area contributed by atoms with Crippen molar-refractivity contribution in [2.24, 2.45) is 0 Å². The minimum absolute atomic E-state index is 0.293. The summed E-state index contributed by atoms with van der Waals surface area (Å²) >= 11 is 0. The van der Waals surface area contributed by atoms with Crippen LogP contribution in [-0.2, 0) is 6.54 Å². The summed E-state index contributed by atoms with van der Waals surface area (Å²) in [5, 5.41) is 5.74. The number of methoxy groups -OCH3 is 2. The van der Waals surface area contributed by atoms with Gasteiger partial charge >= 0.3 is 6.03 Å². The topological polar surface area (TPSA) is 77.4 Å². The number of hydrogen-bond acceptors (Lipinski definition) is 4. The Morgan fingerprint density at radius 2 is 1.72 bits per heavy atom. The maximum Gasteiger partial charge on any atom is 0.319 e. The van der Waals surface area contributed by atoms with Crippen molar-refractivity contribution in [3.8, 4) is 22.9 Å². The van der Waals surface area contributed by atoms with E-state index in [9.17, 15) is 4.79 Å². The Balaban J connectivity index is 1.47. The fraction of sp³-hybridized carbons (Fsp3) is 0.200. The van der Waals surface area contributed by atoms with Gasteiger partial charge in [0.15, 0.2) is 11.5 Å². The van der Waals surface area contributed by atoms with E-state index in [0.29, 0.717) is 30.3 Å². The number of carbonyl (C=O) groups is 1. The van der Waals surface area contributed by atoms with Gasteiger partial charge in [0.05, 0.1) is 25.3 Å². The predicted molar refractivity (Wildman–Crippen MR) is 126 cm³/mol. The number of nitrogens with zero attached hydrogens (tertiary/aromatic N) is 2. The van der Waals surface area contributed by atoms with E-state index < -0.39 is 0 Å². The molecule has 0 aliphatic carbocycles. The lowest BCUT2D eigenvalue weighted by Gasteiger charge is -2.13. The highest BCUT2D eigenvalue weighted by Crippen LogP contribution is 2.29. The van der Waals surface area contributed by atoms with Gasteiger partial charge in [-0.15, -0.1) is 0 Å². The van der Waals surface area contributed by atoms with Gasteiger partial charge in [0, 0.05) is 30.4 Å². The van der Waals surface area contributed by atoms with Gasteiger partial charge in [-0.05, 0) is 31.2 Å². The molecule has 0 aliphatic heterocycles. The van der Waals surface area contributed by atoms with Crippen LogP contribution in [0.15, 0.2) is 66.7 Å². The van der Waals surface area contributed by atoms with Gasteiger partial charge in [0.25, 0.3) is 0 Å². The van der Waals surface area contributed by atoms with Gasteiger partial charge in [-0.1, -0.05) is 42.0 Å². The largest absolute Gasteiger partial charge is 0.493 e. The SMILES string of the molecule is COc1ccc(NC(=O)NCCn2c(-c3ccc(C)cc3)nc3ccccc32)cc1OC. The van der Waals surface area contributed by atoms with Crippen molar-refractivity contribution < 1.29 is 14.3 Å². The van der Waals surface area contributed by atoms with Crippen molar-refractivity contribution in [2.75, 3.05) is 26.1 Å². The second-order valence-corrected chi connectivity index (χ2v) is 7.39. The molecule has 4 rings (SSSR count). The summed E-state index contributed by atoms with van der Waals surface area (Å²) in [7, 11) is 3.13. The third-order valence-corrected chi connectivity index (χ3v) is 5.23. The number of carbonyl (C=O) groups excluding carboxylic acids is 1. The number of nitrogens with one attached hydrogen (secondary N) is 2. The number of rotatable bonds is 7. The quantitative estimate of drug-likeness (QED) is 0.439. The van der Waals surface area contributed by atoms with Crippen molar-refractivity contribution in [3.05, 3.63) is 72.3 Å². The molecule has 2 N–H and O–H groups in total. The molecule has 4 aromatic rings. The van der Waals surface area contributed by atoms with Gasteiger partial charge in [0.1, 0.15) is 5.82 Å². The van der Waals surface area contributed by atoms with E-state index in [1.807, 2.05) is 24.3 Å². The fourth-order valence-corrected chi connectivity index (χ4v) is 3.60. The number of benzene rings is 3. The number of imidazole rings is 1. The van der Waals surface area contributed by atoms with Crippen molar-refractivity contribution >= 4 is 22.8 Å². The maximum atomic E-state index is 12.4. The Kier molecular flexibility index (Phi) is 6.26. The summed E-state index contributed by atoms with van der Waals surface area (Å²) in [6, 6.07) is 21.3. The molecule has 7 heteroatoms. The second-order valence-electron chi connectivity index (χ2n) is 7.39. The van der Waals surface area contributed by atoms with Crippen molar-refractivity contribution in [1.29, 1.82) is 0 Å². The summed E-state index contributed by atoms with van der Waals surface area (Å²) < 4.78 is 12.7. The van der Waals surface area contributed by atoms with Gasteiger partial charge in [-0.3, -0.25) is 0 Å². The third-order valence-electron chi connectivity index (χ3n) is 5.23. The van der Waals surface area contributed by atoms with E-state index in [0.717, 1.165) is 22.4 Å². The number of para-hydroxylation sites is 2. The molecule has 0 aliphatic rings. The Morgan fingerprint density at radius 3 is 2.47 bits per heavy atom. The standard InChI is InChI=1S/C25H26N4O3/c1-17-8-10-18(11-9-17)24-28-20-6-4-5-7-21(20)29(24)15-14-26-25(30)27-19-12-13-22(31-2)23(16-19)32-3/h4-13,16H,14-15H2,1-3H3,(H2,26,27,30). The molecule has 7 nitrogen and oxygen atoms in total. The molecule has 3 aromatic carbocycles. The normalized spacial score (nSPS) is 10.7. The predicted octanol–water partition coefficient (Wildman–Crippen LogP) is 4.85. The molecular formula is C25H26N4O3. The van der Waals surface area contributed by atoms with Gasteiger partial charge in [-0.25, -0.2) is 9.78 Å². The molecule has 2 amide bonds. The Hall–Kier alpha value is -4.00. The molecule has 0 saturated carbocycles. The molecule has 0 atom stereocenters. The van der Waals surface area contributed by atoms with Crippen LogP contribution in [0.25, 0.3) is 22.4 Å². The van der Waals surface area contributed by atoms with E-state index in [-0.39, 0.29) is 6.03 Å². The number of fused-ring (bicyclic) bond motifs is 1. The van der Waals surface area contributed by atoms with Crippen LogP contribution >= 0.6 is 0 Å². The molecular weight excluding hydrogens is 404 g/mol. The number of ether oxygens (including phenoxy) is 2. The highest BCUT2D eigenvalue weighted by molar-refractivity contribution is 5.89. The number of urea groups is 1. The Labute approximate surface area is 187 Å². The third kappa shape index (κ3) is 4.51. The van der Waals surface area contributed by atoms with Crippen molar-refractivity contribution in [1.82, 2.24) is 14.9 Å². The number of aryl methyl sites for hydroxylation is 1. The van der Waals surface area contributed by atoms with Crippen LogP contribution in [0.3, 0.4) is 0 Å². The van der Waals surface area contributed by atoms with Crippen LogP contribution in [0.4, 0.5) is 10.5 Å². The lowest BCUT2D eigenvalue weighted by atomic mass is 10.1. The molecule has 0 unspecified atom stereocenters. The Bertz CT molecular complexity index is 1230. The zero-order valence-electron chi connectivity index (χ0n) is 18.4. The van der Waals surface area contributed by atoms with Crippen LogP contribution in [-0.4, -0.2) is 36.3 Å². The van der Waals surface area contributed by atoms with Crippen LogP contribution in [0.1, 0.15) is 5.56 Å². The van der Waals surface area contributed by atoms with Crippen LogP contribution in [0, 0.1) is 6.92 Å².